The molecule has 5 heteroatoms. The van der Waals surface area contributed by atoms with Crippen LogP contribution in [0.5, 0.6) is 0 Å². The lowest BCUT2D eigenvalue weighted by Crippen LogP contribution is -2.50. The van der Waals surface area contributed by atoms with E-state index in [0.717, 1.165) is 16.8 Å². The van der Waals surface area contributed by atoms with Crippen LogP contribution >= 0.6 is 0 Å². The van der Waals surface area contributed by atoms with Crippen molar-refractivity contribution in [2.24, 2.45) is 0 Å². The maximum atomic E-state index is 12.7. The maximum absolute atomic E-state index is 12.7. The van der Waals surface area contributed by atoms with E-state index >= 15 is 0 Å². The highest BCUT2D eigenvalue weighted by molar-refractivity contribution is 7.86. The van der Waals surface area contributed by atoms with Crippen molar-refractivity contribution in [1.29, 1.82) is 0 Å². The van der Waals surface area contributed by atoms with E-state index < -0.39 is 15.8 Å². The molecule has 1 aliphatic heterocycles. The fraction of sp³-hybridized carbons (Fsp3) is 0.263. The molecule has 0 aromatic heterocycles. The van der Waals surface area contributed by atoms with Crippen molar-refractivity contribution >= 4 is 21.9 Å². The number of nitrogens with zero attached hydrogens (tertiary/aromatic N) is 1. The van der Waals surface area contributed by atoms with Gasteiger partial charge in [-0.2, -0.15) is 8.42 Å². The second-order valence-corrected chi connectivity index (χ2v) is 7.59. The summed E-state index contributed by atoms with van der Waals surface area (Å²) < 4.78 is 31.1. The average molecular weight is 343 g/mol. The van der Waals surface area contributed by atoms with Crippen LogP contribution in [0.4, 0.5) is 5.69 Å². The molecular formula is C19H21NO3S. The van der Waals surface area contributed by atoms with Gasteiger partial charge in [0.05, 0.1) is 4.90 Å². The summed E-state index contributed by atoms with van der Waals surface area (Å²) in [4.78, 5) is 2.12. The molecule has 0 saturated heterocycles. The summed E-state index contributed by atoms with van der Waals surface area (Å²) in [5, 5.41) is 0. The van der Waals surface area contributed by atoms with Gasteiger partial charge in [0.15, 0.2) is 5.72 Å². The van der Waals surface area contributed by atoms with Gasteiger partial charge in [-0.1, -0.05) is 42.0 Å². The lowest BCUT2D eigenvalue weighted by atomic mass is 10.0. The normalized spacial score (nSPS) is 20.0. The Kier molecular flexibility index (Phi) is 4.24. The quantitative estimate of drug-likeness (QED) is 0.788. The molecule has 0 aliphatic carbocycles. The molecule has 24 heavy (non-hydrogen) atoms. The number of hydrogen-bond acceptors (Lipinski definition) is 4. The molecule has 0 N–H and O–H groups in total. The lowest BCUT2D eigenvalue weighted by molar-refractivity contribution is 0.144. The molecule has 1 atom stereocenters. The van der Waals surface area contributed by atoms with Gasteiger partial charge < -0.3 is 4.90 Å². The Hall–Kier alpha value is -2.11. The van der Waals surface area contributed by atoms with Crippen molar-refractivity contribution in [1.82, 2.24) is 0 Å². The van der Waals surface area contributed by atoms with Crippen molar-refractivity contribution < 1.29 is 12.6 Å². The number of hydrogen-bond donors (Lipinski definition) is 0. The third-order valence-electron chi connectivity index (χ3n) is 4.24. The fourth-order valence-electron chi connectivity index (χ4n) is 2.98. The molecule has 3 rings (SSSR count). The molecule has 126 valence electrons. The van der Waals surface area contributed by atoms with Gasteiger partial charge in [-0.05, 0) is 50.6 Å². The van der Waals surface area contributed by atoms with Gasteiger partial charge in [-0.15, -0.1) is 0 Å². The molecule has 2 aromatic carbocycles. The Labute approximate surface area is 143 Å². The smallest absolute Gasteiger partial charge is 0.299 e. The zero-order valence-electron chi connectivity index (χ0n) is 14.1. The van der Waals surface area contributed by atoms with Gasteiger partial charge in [0.2, 0.25) is 0 Å². The van der Waals surface area contributed by atoms with Crippen molar-refractivity contribution in [2.75, 3.05) is 11.4 Å². The number of likely N-dealkylation sites (N-methyl/N-ethyl adjacent to an activating group) is 1. The van der Waals surface area contributed by atoms with Gasteiger partial charge >= 0.3 is 0 Å². The van der Waals surface area contributed by atoms with Crippen LogP contribution in [0.2, 0.25) is 0 Å². The van der Waals surface area contributed by atoms with E-state index in [1.165, 1.54) is 0 Å². The van der Waals surface area contributed by atoms with Crippen LogP contribution in [0.25, 0.3) is 6.08 Å². The van der Waals surface area contributed by atoms with Crippen LogP contribution in [0, 0.1) is 6.92 Å². The Morgan fingerprint density at radius 1 is 1.08 bits per heavy atom. The molecule has 4 nitrogen and oxygen atoms in total. The second kappa shape index (κ2) is 6.07. The Morgan fingerprint density at radius 3 is 2.42 bits per heavy atom. The highest BCUT2D eigenvalue weighted by Gasteiger charge is 2.38. The van der Waals surface area contributed by atoms with Crippen molar-refractivity contribution in [3.05, 3.63) is 65.7 Å². The third-order valence-corrected chi connectivity index (χ3v) is 5.65. The molecule has 0 spiro atoms. The van der Waals surface area contributed by atoms with E-state index in [1.807, 2.05) is 49.1 Å². The fourth-order valence-corrected chi connectivity index (χ4v) is 4.14. The van der Waals surface area contributed by atoms with Crippen molar-refractivity contribution in [3.8, 4) is 0 Å². The van der Waals surface area contributed by atoms with E-state index in [1.54, 1.807) is 37.3 Å². The summed E-state index contributed by atoms with van der Waals surface area (Å²) >= 11 is 0. The monoisotopic (exact) mass is 343 g/mol. The predicted octanol–water partition coefficient (Wildman–Crippen LogP) is 3.97. The maximum Gasteiger partial charge on any atom is 0.299 e. The van der Waals surface area contributed by atoms with Crippen LogP contribution < -0.4 is 4.90 Å². The summed E-state index contributed by atoms with van der Waals surface area (Å²) in [6, 6.07) is 14.6. The minimum Gasteiger partial charge on any atom is -0.339 e. The molecule has 0 radical (unpaired) electrons. The van der Waals surface area contributed by atoms with Crippen molar-refractivity contribution in [3.63, 3.8) is 0 Å². The first-order chi connectivity index (χ1) is 11.4. The minimum absolute atomic E-state index is 0.164. The standard InChI is InChI=1S/C19H21NO3S/c1-4-20-18-8-6-5-7-16(18)13-14-19(20,3)23-24(21,22)17-11-9-15(2)10-12-17/h5-14H,4H2,1-3H3. The van der Waals surface area contributed by atoms with Crippen LogP contribution in [-0.2, 0) is 14.3 Å². The summed E-state index contributed by atoms with van der Waals surface area (Å²) in [6.07, 6.45) is 3.71. The second-order valence-electron chi connectivity index (χ2n) is 6.04. The van der Waals surface area contributed by atoms with Crippen LogP contribution in [-0.4, -0.2) is 20.7 Å². The summed E-state index contributed by atoms with van der Waals surface area (Å²) in [7, 11) is -3.87. The first kappa shape index (κ1) is 16.7. The largest absolute Gasteiger partial charge is 0.339 e. The molecular weight excluding hydrogens is 322 g/mol. The molecule has 0 saturated carbocycles. The number of benzene rings is 2. The zero-order valence-corrected chi connectivity index (χ0v) is 14.9. The summed E-state index contributed by atoms with van der Waals surface area (Å²) in [5.41, 5.74) is 1.95. The number of aryl methyl sites for hydroxylation is 1. The summed E-state index contributed by atoms with van der Waals surface area (Å²) in [6.45, 7) is 6.30. The van der Waals surface area contributed by atoms with Crippen LogP contribution in [0.1, 0.15) is 25.0 Å². The average Bonchev–Trinajstić information content (AvgIpc) is 2.54. The molecule has 2 aromatic rings. The van der Waals surface area contributed by atoms with Crippen molar-refractivity contribution in [2.45, 2.75) is 31.4 Å². The van der Waals surface area contributed by atoms with Gasteiger partial charge in [0.25, 0.3) is 10.1 Å². The topological polar surface area (TPSA) is 46.6 Å². The van der Waals surface area contributed by atoms with Crippen LogP contribution in [0.15, 0.2) is 59.5 Å². The highest BCUT2D eigenvalue weighted by atomic mass is 32.2. The van der Waals surface area contributed by atoms with E-state index in [4.69, 9.17) is 4.18 Å². The SMILES string of the molecule is CCN1c2ccccc2C=CC1(C)OS(=O)(=O)c1ccc(C)cc1. The van der Waals surface area contributed by atoms with Gasteiger partial charge in [0.1, 0.15) is 0 Å². The van der Waals surface area contributed by atoms with Gasteiger partial charge in [-0.3, -0.25) is 0 Å². The highest BCUT2D eigenvalue weighted by Crippen LogP contribution is 2.36. The van der Waals surface area contributed by atoms with E-state index in [9.17, 15) is 8.42 Å². The van der Waals surface area contributed by atoms with E-state index in [0.29, 0.717) is 6.54 Å². The molecule has 0 amide bonds. The van der Waals surface area contributed by atoms with E-state index in [-0.39, 0.29) is 4.90 Å². The third kappa shape index (κ3) is 2.97. The Bertz CT molecular complexity index is 872. The Morgan fingerprint density at radius 2 is 1.75 bits per heavy atom. The predicted molar refractivity (Wildman–Crippen MR) is 96.4 cm³/mol. The Balaban J connectivity index is 1.98. The lowest BCUT2D eigenvalue weighted by Gasteiger charge is -2.42. The molecule has 1 unspecified atom stereocenters. The minimum atomic E-state index is -3.87. The number of fused-ring (bicyclic) bond motifs is 1. The zero-order chi connectivity index (χ0) is 17.4. The first-order valence-electron chi connectivity index (χ1n) is 7.94. The number of rotatable bonds is 4. The number of anilines is 1. The molecule has 0 fully saturated rings. The van der Waals surface area contributed by atoms with E-state index in [2.05, 4.69) is 0 Å². The van der Waals surface area contributed by atoms with Gasteiger partial charge in [0, 0.05) is 12.2 Å². The number of para-hydroxylation sites is 1. The molecule has 1 aliphatic rings. The molecule has 1 heterocycles. The molecule has 0 bridgehead atoms. The summed E-state index contributed by atoms with van der Waals surface area (Å²) in [5.74, 6) is 0. The van der Waals surface area contributed by atoms with Gasteiger partial charge in [-0.25, -0.2) is 4.18 Å². The first-order valence-corrected chi connectivity index (χ1v) is 9.35. The van der Waals surface area contributed by atoms with Crippen LogP contribution in [0.3, 0.4) is 0 Å².